The molecule has 0 spiro atoms. The minimum atomic E-state index is -0.226. The standard InChI is InChI=1S/C18H17FN2/c1-2-10-21(13-15-6-8-18(19)9-7-15)14-17-5-3-4-16(11-17)12-20/h2-9,11H,1,10,13-14H2. The summed E-state index contributed by atoms with van der Waals surface area (Å²) in [5, 5.41) is 8.95. The quantitative estimate of drug-likeness (QED) is 0.751. The Bertz CT molecular complexity index is 641. The van der Waals surface area contributed by atoms with Crippen LogP contribution in [0.15, 0.2) is 61.2 Å². The van der Waals surface area contributed by atoms with E-state index in [1.807, 2.05) is 24.3 Å². The van der Waals surface area contributed by atoms with Gasteiger partial charge in [-0.25, -0.2) is 4.39 Å². The highest BCUT2D eigenvalue weighted by Gasteiger charge is 2.06. The van der Waals surface area contributed by atoms with E-state index in [1.165, 1.54) is 12.1 Å². The molecule has 3 heteroatoms. The van der Waals surface area contributed by atoms with Crippen LogP contribution in [-0.4, -0.2) is 11.4 Å². The molecule has 2 nitrogen and oxygen atoms in total. The van der Waals surface area contributed by atoms with Crippen molar-refractivity contribution in [3.05, 3.63) is 83.7 Å². The van der Waals surface area contributed by atoms with Gasteiger partial charge in [0.25, 0.3) is 0 Å². The third kappa shape index (κ3) is 4.55. The fourth-order valence-electron chi connectivity index (χ4n) is 2.21. The largest absolute Gasteiger partial charge is 0.291 e. The van der Waals surface area contributed by atoms with Gasteiger partial charge in [-0.2, -0.15) is 5.26 Å². The Morgan fingerprint density at radius 2 is 1.81 bits per heavy atom. The van der Waals surface area contributed by atoms with E-state index in [1.54, 1.807) is 18.2 Å². The van der Waals surface area contributed by atoms with Crippen LogP contribution in [0.3, 0.4) is 0 Å². The number of hydrogen-bond donors (Lipinski definition) is 0. The van der Waals surface area contributed by atoms with Gasteiger partial charge >= 0.3 is 0 Å². The monoisotopic (exact) mass is 280 g/mol. The third-order valence-electron chi connectivity index (χ3n) is 3.17. The molecular weight excluding hydrogens is 263 g/mol. The molecule has 0 aliphatic carbocycles. The molecule has 106 valence electrons. The van der Waals surface area contributed by atoms with Crippen LogP contribution in [0.4, 0.5) is 4.39 Å². The molecule has 2 rings (SSSR count). The fourth-order valence-corrected chi connectivity index (χ4v) is 2.21. The van der Waals surface area contributed by atoms with E-state index >= 15 is 0 Å². The number of benzene rings is 2. The second-order valence-corrected chi connectivity index (χ2v) is 4.90. The van der Waals surface area contributed by atoms with Gasteiger partial charge in [-0.05, 0) is 35.4 Å². The maximum absolute atomic E-state index is 12.9. The van der Waals surface area contributed by atoms with Gasteiger partial charge < -0.3 is 0 Å². The molecule has 0 radical (unpaired) electrons. The highest BCUT2D eigenvalue weighted by molar-refractivity contribution is 5.32. The molecule has 2 aromatic carbocycles. The molecule has 0 saturated carbocycles. The first-order valence-corrected chi connectivity index (χ1v) is 6.78. The molecule has 0 heterocycles. The summed E-state index contributed by atoms with van der Waals surface area (Å²) in [5.74, 6) is -0.226. The van der Waals surface area contributed by atoms with Crippen molar-refractivity contribution < 1.29 is 4.39 Å². The lowest BCUT2D eigenvalue weighted by atomic mass is 10.1. The van der Waals surface area contributed by atoms with Gasteiger partial charge in [0, 0.05) is 19.6 Å². The van der Waals surface area contributed by atoms with E-state index < -0.39 is 0 Å². The van der Waals surface area contributed by atoms with Crippen molar-refractivity contribution in [3.63, 3.8) is 0 Å². The molecule has 0 aliphatic heterocycles. The summed E-state index contributed by atoms with van der Waals surface area (Å²) in [7, 11) is 0. The Kier molecular flexibility index (Phi) is 5.25. The van der Waals surface area contributed by atoms with E-state index in [0.717, 1.165) is 24.2 Å². The summed E-state index contributed by atoms with van der Waals surface area (Å²) >= 11 is 0. The molecule has 0 amide bonds. The zero-order chi connectivity index (χ0) is 15.1. The molecule has 21 heavy (non-hydrogen) atoms. The van der Waals surface area contributed by atoms with Crippen LogP contribution in [0.2, 0.25) is 0 Å². The van der Waals surface area contributed by atoms with Gasteiger partial charge in [0.05, 0.1) is 11.6 Å². The average Bonchev–Trinajstić information content (AvgIpc) is 2.50. The first kappa shape index (κ1) is 15.0. The van der Waals surface area contributed by atoms with E-state index in [0.29, 0.717) is 12.1 Å². The Labute approximate surface area is 124 Å². The SMILES string of the molecule is C=CCN(Cc1ccc(F)cc1)Cc1cccc(C#N)c1. The van der Waals surface area contributed by atoms with E-state index in [4.69, 9.17) is 5.26 Å². The van der Waals surface area contributed by atoms with Crippen LogP contribution in [0.25, 0.3) is 0 Å². The molecule has 0 fully saturated rings. The zero-order valence-corrected chi connectivity index (χ0v) is 11.8. The maximum atomic E-state index is 12.9. The molecule has 0 aromatic heterocycles. The van der Waals surface area contributed by atoms with Crippen LogP contribution < -0.4 is 0 Å². The molecular formula is C18H17FN2. The van der Waals surface area contributed by atoms with Crippen LogP contribution in [0.5, 0.6) is 0 Å². The zero-order valence-electron chi connectivity index (χ0n) is 11.8. The number of rotatable bonds is 6. The predicted molar refractivity (Wildman–Crippen MR) is 81.9 cm³/mol. The number of hydrogen-bond acceptors (Lipinski definition) is 2. The molecule has 0 atom stereocenters. The summed E-state index contributed by atoms with van der Waals surface area (Å²) in [4.78, 5) is 2.19. The molecule has 2 aromatic rings. The van der Waals surface area contributed by atoms with Crippen molar-refractivity contribution >= 4 is 0 Å². The van der Waals surface area contributed by atoms with Gasteiger partial charge in [-0.15, -0.1) is 6.58 Å². The lowest BCUT2D eigenvalue weighted by Gasteiger charge is -2.21. The highest BCUT2D eigenvalue weighted by Crippen LogP contribution is 2.12. The van der Waals surface area contributed by atoms with Crippen LogP contribution in [0, 0.1) is 17.1 Å². The maximum Gasteiger partial charge on any atom is 0.123 e. The Hall–Kier alpha value is -2.44. The fraction of sp³-hybridized carbons (Fsp3) is 0.167. The Morgan fingerprint density at radius 1 is 1.10 bits per heavy atom. The summed E-state index contributed by atoms with van der Waals surface area (Å²) in [5.41, 5.74) is 2.79. The van der Waals surface area contributed by atoms with Crippen molar-refractivity contribution in [3.8, 4) is 6.07 Å². The summed E-state index contributed by atoms with van der Waals surface area (Å²) < 4.78 is 12.9. The minimum Gasteiger partial charge on any atom is -0.291 e. The lowest BCUT2D eigenvalue weighted by molar-refractivity contribution is 0.286. The Balaban J connectivity index is 2.09. The number of nitrogens with zero attached hydrogens (tertiary/aromatic N) is 2. The van der Waals surface area contributed by atoms with Crippen molar-refractivity contribution in [2.75, 3.05) is 6.54 Å². The van der Waals surface area contributed by atoms with Gasteiger partial charge in [0.1, 0.15) is 5.82 Å². The normalized spacial score (nSPS) is 10.3. The average molecular weight is 280 g/mol. The van der Waals surface area contributed by atoms with Crippen LogP contribution >= 0.6 is 0 Å². The molecule has 0 saturated heterocycles. The van der Waals surface area contributed by atoms with Crippen LogP contribution in [-0.2, 0) is 13.1 Å². The van der Waals surface area contributed by atoms with Crippen molar-refractivity contribution in [2.24, 2.45) is 0 Å². The molecule has 0 unspecified atom stereocenters. The van der Waals surface area contributed by atoms with E-state index in [9.17, 15) is 4.39 Å². The van der Waals surface area contributed by atoms with Gasteiger partial charge in [-0.1, -0.05) is 30.3 Å². The topological polar surface area (TPSA) is 27.0 Å². The van der Waals surface area contributed by atoms with Crippen molar-refractivity contribution in [1.82, 2.24) is 4.90 Å². The van der Waals surface area contributed by atoms with E-state index in [-0.39, 0.29) is 5.82 Å². The summed E-state index contributed by atoms with van der Waals surface area (Å²) in [6.07, 6.45) is 1.84. The highest BCUT2D eigenvalue weighted by atomic mass is 19.1. The van der Waals surface area contributed by atoms with Crippen LogP contribution in [0.1, 0.15) is 16.7 Å². The van der Waals surface area contributed by atoms with E-state index in [2.05, 4.69) is 17.5 Å². The second-order valence-electron chi connectivity index (χ2n) is 4.90. The van der Waals surface area contributed by atoms with Gasteiger partial charge in [0.15, 0.2) is 0 Å². The van der Waals surface area contributed by atoms with Crippen molar-refractivity contribution in [2.45, 2.75) is 13.1 Å². The lowest BCUT2D eigenvalue weighted by Crippen LogP contribution is -2.22. The minimum absolute atomic E-state index is 0.226. The number of nitriles is 1. The van der Waals surface area contributed by atoms with Crippen molar-refractivity contribution in [1.29, 1.82) is 5.26 Å². The molecule has 0 aliphatic rings. The first-order chi connectivity index (χ1) is 10.2. The molecule has 0 N–H and O–H groups in total. The first-order valence-electron chi connectivity index (χ1n) is 6.78. The Morgan fingerprint density at radius 3 is 2.48 bits per heavy atom. The van der Waals surface area contributed by atoms with Gasteiger partial charge in [-0.3, -0.25) is 4.90 Å². The predicted octanol–water partition coefficient (Wildman–Crippen LogP) is 3.89. The smallest absolute Gasteiger partial charge is 0.123 e. The third-order valence-corrected chi connectivity index (χ3v) is 3.17. The number of halogens is 1. The molecule has 0 bridgehead atoms. The summed E-state index contributed by atoms with van der Waals surface area (Å²) in [6, 6.07) is 16.2. The second kappa shape index (κ2) is 7.37. The summed E-state index contributed by atoms with van der Waals surface area (Å²) in [6.45, 7) is 5.94. The van der Waals surface area contributed by atoms with Gasteiger partial charge in [0.2, 0.25) is 0 Å².